The molecule has 0 bridgehead atoms. The van der Waals surface area contributed by atoms with Crippen molar-refractivity contribution < 1.29 is 55.7 Å². The van der Waals surface area contributed by atoms with Crippen LogP contribution in [-0.2, 0) is 19.1 Å². The number of carboxylic acid groups (broad SMARTS) is 2. The molecule has 0 aromatic heterocycles. The Morgan fingerprint density at radius 1 is 0.944 bits per heavy atom. The van der Waals surface area contributed by atoms with Crippen LogP contribution in [0, 0.1) is 11.3 Å². The van der Waals surface area contributed by atoms with Crippen molar-refractivity contribution in [3.63, 3.8) is 0 Å². The molecule has 0 radical (unpaired) electrons. The fourth-order valence-electron chi connectivity index (χ4n) is 4.43. The maximum Gasteiger partial charge on any atom is 0.490 e. The molecule has 1 atom stereocenters. The molecular weight excluding hydrogens is 504 g/mol. The van der Waals surface area contributed by atoms with Crippen LogP contribution in [0.5, 0.6) is 0 Å². The van der Waals surface area contributed by atoms with E-state index in [1.807, 2.05) is 0 Å². The summed E-state index contributed by atoms with van der Waals surface area (Å²) < 4.78 is 69.0. The number of nitrogens with zero attached hydrogens (tertiary/aromatic N) is 2. The van der Waals surface area contributed by atoms with Crippen molar-refractivity contribution in [1.29, 1.82) is 0 Å². The number of rotatable bonds is 4. The minimum atomic E-state index is -5.08. The van der Waals surface area contributed by atoms with Crippen molar-refractivity contribution in [2.45, 2.75) is 44.5 Å². The molecule has 0 aromatic carbocycles. The highest BCUT2D eigenvalue weighted by molar-refractivity contribution is 5.77. The van der Waals surface area contributed by atoms with Gasteiger partial charge in [0.1, 0.15) is 0 Å². The maximum atomic E-state index is 11.5. The van der Waals surface area contributed by atoms with Crippen molar-refractivity contribution >= 4 is 17.8 Å². The van der Waals surface area contributed by atoms with Crippen LogP contribution in [0.3, 0.4) is 0 Å². The van der Waals surface area contributed by atoms with Crippen molar-refractivity contribution in [3.05, 3.63) is 0 Å². The second-order valence-electron chi connectivity index (χ2n) is 9.12. The maximum absolute atomic E-state index is 11.5. The van der Waals surface area contributed by atoms with Gasteiger partial charge in [-0.25, -0.2) is 9.59 Å². The highest BCUT2D eigenvalue weighted by Crippen LogP contribution is 2.40. The van der Waals surface area contributed by atoms with Gasteiger partial charge in [-0.3, -0.25) is 9.69 Å². The van der Waals surface area contributed by atoms with Crippen molar-refractivity contribution in [3.8, 4) is 0 Å². The van der Waals surface area contributed by atoms with E-state index in [1.165, 1.54) is 51.7 Å². The molecule has 0 aliphatic carbocycles. The molecule has 1 spiro atoms. The zero-order valence-electron chi connectivity index (χ0n) is 20.0. The summed E-state index contributed by atoms with van der Waals surface area (Å²) in [6, 6.07) is 0. The second-order valence-corrected chi connectivity index (χ2v) is 9.12. The lowest BCUT2D eigenvalue weighted by Gasteiger charge is -2.48. The average Bonchev–Trinajstić information content (AvgIpc) is 3.28. The predicted octanol–water partition coefficient (Wildman–Crippen LogP) is 2.21. The van der Waals surface area contributed by atoms with Crippen LogP contribution in [0.1, 0.15) is 32.1 Å². The van der Waals surface area contributed by atoms with Gasteiger partial charge in [-0.05, 0) is 63.1 Å². The molecule has 3 N–H and O–H groups in total. The molecule has 36 heavy (non-hydrogen) atoms. The molecule has 210 valence electrons. The first-order valence-electron chi connectivity index (χ1n) is 11.4. The number of aliphatic carboxylic acids is 2. The number of alkyl halides is 6. The predicted molar refractivity (Wildman–Crippen MR) is 114 cm³/mol. The minimum absolute atomic E-state index is 0.141. The van der Waals surface area contributed by atoms with Crippen molar-refractivity contribution in [2.24, 2.45) is 11.3 Å². The molecule has 15 heteroatoms. The Kier molecular flexibility index (Phi) is 12.4. The molecule has 9 nitrogen and oxygen atoms in total. The van der Waals surface area contributed by atoms with E-state index in [-0.39, 0.29) is 5.91 Å². The van der Waals surface area contributed by atoms with E-state index in [0.29, 0.717) is 12.0 Å². The van der Waals surface area contributed by atoms with Gasteiger partial charge in [0.2, 0.25) is 5.91 Å². The summed E-state index contributed by atoms with van der Waals surface area (Å²) >= 11 is 0. The van der Waals surface area contributed by atoms with Gasteiger partial charge in [-0.15, -0.1) is 0 Å². The number of carbonyl (C=O) groups is 3. The highest BCUT2D eigenvalue weighted by Gasteiger charge is 2.40. The lowest BCUT2D eigenvalue weighted by molar-refractivity contribution is -0.193. The van der Waals surface area contributed by atoms with E-state index in [9.17, 15) is 31.1 Å². The molecule has 3 aliphatic heterocycles. The zero-order valence-corrected chi connectivity index (χ0v) is 20.0. The van der Waals surface area contributed by atoms with Crippen LogP contribution >= 0.6 is 0 Å². The molecule has 3 heterocycles. The van der Waals surface area contributed by atoms with Crippen LogP contribution in [0.25, 0.3) is 0 Å². The third kappa shape index (κ3) is 11.7. The summed E-state index contributed by atoms with van der Waals surface area (Å²) in [5.74, 6) is -4.62. The quantitative estimate of drug-likeness (QED) is 0.468. The number of likely N-dealkylation sites (N-methyl/N-ethyl adjacent to an activating group) is 1. The Morgan fingerprint density at radius 2 is 1.47 bits per heavy atom. The molecule has 1 unspecified atom stereocenters. The number of ether oxygens (including phenoxy) is 1. The van der Waals surface area contributed by atoms with E-state index < -0.39 is 24.3 Å². The average molecular weight is 537 g/mol. The van der Waals surface area contributed by atoms with E-state index in [0.717, 1.165) is 32.2 Å². The van der Waals surface area contributed by atoms with E-state index >= 15 is 0 Å². The summed E-state index contributed by atoms with van der Waals surface area (Å²) in [7, 11) is 1.72. The normalized spacial score (nSPS) is 22.6. The molecule has 1 amide bonds. The first kappa shape index (κ1) is 31.9. The number of carboxylic acids is 2. The summed E-state index contributed by atoms with van der Waals surface area (Å²) in [6.45, 7) is 8.39. The van der Waals surface area contributed by atoms with Gasteiger partial charge < -0.3 is 25.2 Å². The Balaban J connectivity index is 0.000000383. The number of piperidine rings is 2. The Bertz CT molecular complexity index is 696. The smallest absolute Gasteiger partial charge is 0.475 e. The van der Waals surface area contributed by atoms with Gasteiger partial charge in [0.05, 0.1) is 13.2 Å². The zero-order chi connectivity index (χ0) is 27.6. The minimum Gasteiger partial charge on any atom is -0.475 e. The van der Waals surface area contributed by atoms with Crippen LogP contribution in [0.15, 0.2) is 0 Å². The number of hydrogen-bond acceptors (Lipinski definition) is 6. The van der Waals surface area contributed by atoms with E-state index in [4.69, 9.17) is 24.5 Å². The fraction of sp³-hybridized carbons (Fsp3) is 0.857. The highest BCUT2D eigenvalue weighted by atomic mass is 19.4. The molecular formula is C21H33F6N3O6. The Morgan fingerprint density at radius 3 is 1.89 bits per heavy atom. The lowest BCUT2D eigenvalue weighted by atomic mass is 9.72. The first-order chi connectivity index (χ1) is 16.6. The molecule has 3 saturated heterocycles. The van der Waals surface area contributed by atoms with Crippen LogP contribution in [0.2, 0.25) is 0 Å². The first-order valence-corrected chi connectivity index (χ1v) is 11.4. The lowest BCUT2D eigenvalue weighted by Crippen LogP contribution is -2.51. The number of likely N-dealkylation sites (tertiary alicyclic amines) is 2. The van der Waals surface area contributed by atoms with Gasteiger partial charge in [0, 0.05) is 26.7 Å². The molecule has 0 saturated carbocycles. The second kappa shape index (κ2) is 14.0. The van der Waals surface area contributed by atoms with Gasteiger partial charge in [0.15, 0.2) is 0 Å². The topological polar surface area (TPSA) is 119 Å². The van der Waals surface area contributed by atoms with Gasteiger partial charge in [-0.2, -0.15) is 26.3 Å². The number of nitrogens with one attached hydrogen (secondary N) is 1. The monoisotopic (exact) mass is 537 g/mol. The van der Waals surface area contributed by atoms with Crippen LogP contribution < -0.4 is 5.32 Å². The Labute approximate surface area is 204 Å². The molecule has 3 aliphatic rings. The number of halogens is 6. The van der Waals surface area contributed by atoms with Crippen LogP contribution in [0.4, 0.5) is 26.3 Å². The van der Waals surface area contributed by atoms with E-state index in [2.05, 4.69) is 15.1 Å². The Hall–Kier alpha value is -2.13. The summed E-state index contributed by atoms with van der Waals surface area (Å²) in [6.07, 6.45) is -3.71. The van der Waals surface area contributed by atoms with Crippen LogP contribution in [-0.4, -0.2) is 110 Å². The molecule has 0 aromatic rings. The third-order valence-electron chi connectivity index (χ3n) is 6.33. The largest absolute Gasteiger partial charge is 0.490 e. The van der Waals surface area contributed by atoms with Gasteiger partial charge in [-0.1, -0.05) is 0 Å². The summed E-state index contributed by atoms with van der Waals surface area (Å²) in [5, 5.41) is 17.0. The standard InChI is InChI=1S/C17H31N3O2.2C2HF3O2/c1-18-16(21)12-19-8-5-17(6-9-19)4-2-7-20(14-17)11-15-3-10-22-13-15;2*3-2(4,5)1(6)7/h15H,2-14H2,1H3,(H,18,21);2*(H,6,7). The summed E-state index contributed by atoms with van der Waals surface area (Å²) in [4.78, 5) is 34.3. The SMILES string of the molecule is CNC(=O)CN1CCC2(CCCN(CC3CCOC3)C2)CC1.O=C(O)C(F)(F)F.O=C(O)C(F)(F)F. The van der Waals surface area contributed by atoms with E-state index in [1.54, 1.807) is 7.05 Å². The van der Waals surface area contributed by atoms with Gasteiger partial charge in [0.25, 0.3) is 0 Å². The molecule has 3 fully saturated rings. The van der Waals surface area contributed by atoms with Crippen molar-refractivity contribution in [1.82, 2.24) is 15.1 Å². The number of hydrogen-bond donors (Lipinski definition) is 3. The number of carbonyl (C=O) groups excluding carboxylic acids is 1. The number of amides is 1. The molecule has 3 rings (SSSR count). The van der Waals surface area contributed by atoms with Gasteiger partial charge >= 0.3 is 24.3 Å². The fourth-order valence-corrected chi connectivity index (χ4v) is 4.43. The summed E-state index contributed by atoms with van der Waals surface area (Å²) in [5.41, 5.74) is 0.511. The third-order valence-corrected chi connectivity index (χ3v) is 6.33. The van der Waals surface area contributed by atoms with Crippen molar-refractivity contribution in [2.75, 3.05) is 59.5 Å².